The van der Waals surface area contributed by atoms with Crippen LogP contribution in [0.1, 0.15) is 0 Å². The summed E-state index contributed by atoms with van der Waals surface area (Å²) in [6, 6.07) is 13.9. The molecule has 7 nitrogen and oxygen atoms in total. The van der Waals surface area contributed by atoms with Crippen molar-refractivity contribution in [2.24, 2.45) is 7.05 Å². The van der Waals surface area contributed by atoms with Crippen LogP contribution in [0.25, 0.3) is 22.7 Å². The van der Waals surface area contributed by atoms with Crippen molar-refractivity contribution >= 4 is 11.7 Å². The van der Waals surface area contributed by atoms with Crippen LogP contribution in [0.2, 0.25) is 0 Å². The first-order chi connectivity index (χ1) is 12.2. The quantitative estimate of drug-likeness (QED) is 0.615. The number of benzene rings is 2. The van der Waals surface area contributed by atoms with Crippen LogP contribution in [0.4, 0.5) is 16.1 Å². The molecular weight excluding hydrogens is 323 g/mol. The lowest BCUT2D eigenvalue weighted by atomic mass is 10.1. The van der Waals surface area contributed by atoms with Gasteiger partial charge in [-0.15, -0.1) is 5.10 Å². The minimum atomic E-state index is -0.297. The van der Waals surface area contributed by atoms with E-state index >= 15 is 0 Å². The van der Waals surface area contributed by atoms with Crippen molar-refractivity contribution in [3.63, 3.8) is 0 Å². The molecule has 2 aromatic heterocycles. The van der Waals surface area contributed by atoms with Crippen molar-refractivity contribution in [1.29, 1.82) is 0 Å². The van der Waals surface area contributed by atoms with E-state index in [1.807, 2.05) is 24.3 Å². The van der Waals surface area contributed by atoms with Crippen LogP contribution in [-0.2, 0) is 7.05 Å². The highest BCUT2D eigenvalue weighted by Crippen LogP contribution is 2.27. The van der Waals surface area contributed by atoms with Crippen LogP contribution in [0.15, 0.2) is 59.1 Å². The smallest absolute Gasteiger partial charge is 0.299 e. The number of hydrogen-bond acceptors (Lipinski definition) is 6. The minimum Gasteiger partial charge on any atom is -0.423 e. The van der Waals surface area contributed by atoms with Gasteiger partial charge in [-0.1, -0.05) is 18.2 Å². The van der Waals surface area contributed by atoms with E-state index in [4.69, 9.17) is 4.42 Å². The Morgan fingerprint density at radius 3 is 2.64 bits per heavy atom. The third kappa shape index (κ3) is 3.09. The van der Waals surface area contributed by atoms with E-state index in [0.717, 1.165) is 11.1 Å². The summed E-state index contributed by atoms with van der Waals surface area (Å²) in [6.07, 6.45) is 1.62. The molecule has 124 valence electrons. The lowest BCUT2D eigenvalue weighted by Crippen LogP contribution is -1.94. The number of oxazole rings is 1. The molecule has 0 radical (unpaired) electrons. The van der Waals surface area contributed by atoms with Gasteiger partial charge in [0.15, 0.2) is 11.6 Å². The summed E-state index contributed by atoms with van der Waals surface area (Å²) in [5, 5.41) is 14.5. The van der Waals surface area contributed by atoms with E-state index in [9.17, 15) is 4.39 Å². The zero-order valence-corrected chi connectivity index (χ0v) is 13.2. The van der Waals surface area contributed by atoms with Crippen LogP contribution in [0.5, 0.6) is 0 Å². The Bertz CT molecular complexity index is 1010. The number of rotatable bonds is 4. The van der Waals surface area contributed by atoms with Crippen molar-refractivity contribution in [2.45, 2.75) is 0 Å². The molecule has 2 aromatic carbocycles. The van der Waals surface area contributed by atoms with Crippen LogP contribution in [0.3, 0.4) is 0 Å². The van der Waals surface area contributed by atoms with E-state index in [-0.39, 0.29) is 5.82 Å². The second kappa shape index (κ2) is 6.16. The number of halogens is 1. The monoisotopic (exact) mass is 336 g/mol. The van der Waals surface area contributed by atoms with Gasteiger partial charge < -0.3 is 9.73 Å². The topological polar surface area (TPSA) is 81.7 Å². The number of hydrogen-bond donors (Lipinski definition) is 1. The van der Waals surface area contributed by atoms with Gasteiger partial charge >= 0.3 is 0 Å². The van der Waals surface area contributed by atoms with Gasteiger partial charge in [-0.2, -0.15) is 0 Å². The SMILES string of the molecule is Cn1nnnc1-c1cccc(-c2cnc(Nc3ccc(F)cc3)o2)c1. The minimum absolute atomic E-state index is 0.297. The zero-order valence-electron chi connectivity index (χ0n) is 13.2. The van der Waals surface area contributed by atoms with Crippen molar-refractivity contribution in [3.05, 3.63) is 60.5 Å². The van der Waals surface area contributed by atoms with Crippen LogP contribution in [0, 0.1) is 5.82 Å². The molecule has 0 aliphatic rings. The molecule has 0 unspecified atom stereocenters. The summed E-state index contributed by atoms with van der Waals surface area (Å²) in [6.45, 7) is 0. The Morgan fingerprint density at radius 2 is 1.88 bits per heavy atom. The maximum atomic E-state index is 13.0. The highest BCUT2D eigenvalue weighted by Gasteiger charge is 2.10. The Balaban J connectivity index is 1.60. The molecule has 0 fully saturated rings. The largest absolute Gasteiger partial charge is 0.423 e. The average Bonchev–Trinajstić information content (AvgIpc) is 3.26. The predicted molar refractivity (Wildman–Crippen MR) is 89.4 cm³/mol. The van der Waals surface area contributed by atoms with Crippen LogP contribution < -0.4 is 5.32 Å². The molecule has 25 heavy (non-hydrogen) atoms. The first kappa shape index (κ1) is 15.0. The van der Waals surface area contributed by atoms with Gasteiger partial charge in [0.25, 0.3) is 6.01 Å². The molecule has 0 spiro atoms. The van der Waals surface area contributed by atoms with Gasteiger partial charge in [-0.3, -0.25) is 0 Å². The molecule has 4 rings (SSSR count). The van der Waals surface area contributed by atoms with Gasteiger partial charge in [0.05, 0.1) is 6.20 Å². The summed E-state index contributed by atoms with van der Waals surface area (Å²) in [7, 11) is 1.78. The van der Waals surface area contributed by atoms with Crippen molar-refractivity contribution < 1.29 is 8.81 Å². The van der Waals surface area contributed by atoms with Crippen molar-refractivity contribution in [3.8, 4) is 22.7 Å². The summed E-state index contributed by atoms with van der Waals surface area (Å²) in [5.41, 5.74) is 2.41. The maximum Gasteiger partial charge on any atom is 0.299 e. The standard InChI is InChI=1S/C17H13FN6O/c1-24-16(21-22-23-24)12-4-2-3-11(9-12)15-10-19-17(25-15)20-14-7-5-13(18)6-8-14/h2-10H,1H3,(H,19,20). The normalized spacial score (nSPS) is 10.8. The third-order valence-corrected chi connectivity index (χ3v) is 3.63. The Labute approximate surface area is 142 Å². The third-order valence-electron chi connectivity index (χ3n) is 3.63. The summed E-state index contributed by atoms with van der Waals surface area (Å²) < 4.78 is 20.3. The van der Waals surface area contributed by atoms with Crippen LogP contribution in [-0.4, -0.2) is 25.2 Å². The van der Waals surface area contributed by atoms with Gasteiger partial charge in [0.2, 0.25) is 0 Å². The number of anilines is 2. The number of aromatic nitrogens is 5. The lowest BCUT2D eigenvalue weighted by Gasteiger charge is -2.02. The second-order valence-corrected chi connectivity index (χ2v) is 5.37. The average molecular weight is 336 g/mol. The summed E-state index contributed by atoms with van der Waals surface area (Å²) in [5.74, 6) is 0.960. The van der Waals surface area contributed by atoms with Gasteiger partial charge in [0, 0.05) is 23.9 Å². The molecule has 0 aliphatic heterocycles. The first-order valence-electron chi connectivity index (χ1n) is 7.50. The van der Waals surface area contributed by atoms with E-state index in [1.165, 1.54) is 12.1 Å². The van der Waals surface area contributed by atoms with Crippen molar-refractivity contribution in [2.75, 3.05) is 5.32 Å². The molecule has 1 N–H and O–H groups in total. The van der Waals surface area contributed by atoms with E-state index in [0.29, 0.717) is 23.3 Å². The fourth-order valence-corrected chi connectivity index (χ4v) is 2.41. The molecule has 0 aliphatic carbocycles. The second-order valence-electron chi connectivity index (χ2n) is 5.37. The van der Waals surface area contributed by atoms with Gasteiger partial charge in [-0.05, 0) is 40.8 Å². The van der Waals surface area contributed by atoms with Gasteiger partial charge in [-0.25, -0.2) is 14.1 Å². The molecule has 0 saturated heterocycles. The zero-order chi connectivity index (χ0) is 17.2. The maximum absolute atomic E-state index is 13.0. The van der Waals surface area contributed by atoms with E-state index < -0.39 is 0 Å². The highest BCUT2D eigenvalue weighted by molar-refractivity contribution is 5.67. The molecular formula is C17H13FN6O. The first-order valence-corrected chi connectivity index (χ1v) is 7.50. The predicted octanol–water partition coefficient (Wildman–Crippen LogP) is 3.41. The van der Waals surface area contributed by atoms with Gasteiger partial charge in [0.1, 0.15) is 5.82 Å². The van der Waals surface area contributed by atoms with E-state index in [2.05, 4.69) is 25.8 Å². The van der Waals surface area contributed by atoms with Crippen LogP contribution >= 0.6 is 0 Å². The number of tetrazole rings is 1. The summed E-state index contributed by atoms with van der Waals surface area (Å²) in [4.78, 5) is 4.20. The fourth-order valence-electron chi connectivity index (χ4n) is 2.41. The van der Waals surface area contributed by atoms with E-state index in [1.54, 1.807) is 30.1 Å². The Hall–Kier alpha value is -3.55. The molecule has 0 atom stereocenters. The Kier molecular flexibility index (Phi) is 3.70. The molecule has 4 aromatic rings. The van der Waals surface area contributed by atoms with Crippen molar-refractivity contribution in [1.82, 2.24) is 25.2 Å². The number of nitrogens with zero attached hydrogens (tertiary/aromatic N) is 5. The molecule has 0 bridgehead atoms. The molecule has 0 amide bonds. The molecule has 8 heteroatoms. The number of aryl methyl sites for hydroxylation is 1. The molecule has 0 saturated carbocycles. The highest BCUT2D eigenvalue weighted by atomic mass is 19.1. The Morgan fingerprint density at radius 1 is 1.08 bits per heavy atom. The number of nitrogens with one attached hydrogen (secondary N) is 1. The molecule has 2 heterocycles. The summed E-state index contributed by atoms with van der Waals surface area (Å²) >= 11 is 0. The fraction of sp³-hybridized carbons (Fsp3) is 0.0588. The lowest BCUT2D eigenvalue weighted by molar-refractivity contribution is 0.592.